The summed E-state index contributed by atoms with van der Waals surface area (Å²) in [6.45, 7) is 6.21. The number of nitrogens with zero attached hydrogens (tertiary/aromatic N) is 1. The van der Waals surface area contributed by atoms with Crippen LogP contribution in [0.5, 0.6) is 11.5 Å². The minimum absolute atomic E-state index is 0.0796. The lowest BCUT2D eigenvalue weighted by Gasteiger charge is -2.13. The van der Waals surface area contributed by atoms with E-state index in [0.29, 0.717) is 18.1 Å². The van der Waals surface area contributed by atoms with Gasteiger partial charge in [-0.1, -0.05) is 6.07 Å². The molecule has 2 rings (SSSR count). The number of nitrogens with one attached hydrogen (secondary N) is 2. The van der Waals surface area contributed by atoms with Crippen molar-refractivity contribution in [2.75, 3.05) is 18.5 Å². The standard InChI is InChI=1S/C20H24N4O3S/c1-4-26-18-10-15(11-22-24-20(21)28)6-8-17(18)27-12-19(25)23-16-7-5-13(2)14(3)9-16/h5-11H,4,12H2,1-3H3,(H,23,25)(H3,21,24,28)/b22-11+. The molecule has 0 unspecified atom stereocenters. The largest absolute Gasteiger partial charge is 0.490 e. The first-order valence-corrected chi connectivity index (χ1v) is 9.15. The highest BCUT2D eigenvalue weighted by Gasteiger charge is 2.10. The third-order valence-corrected chi connectivity index (χ3v) is 3.90. The average Bonchev–Trinajstić information content (AvgIpc) is 2.64. The van der Waals surface area contributed by atoms with Gasteiger partial charge in [-0.15, -0.1) is 0 Å². The van der Waals surface area contributed by atoms with Gasteiger partial charge in [0.05, 0.1) is 12.8 Å². The van der Waals surface area contributed by atoms with Crippen LogP contribution in [-0.2, 0) is 4.79 Å². The van der Waals surface area contributed by atoms with Gasteiger partial charge in [-0.25, -0.2) is 0 Å². The number of aryl methyl sites for hydroxylation is 2. The molecule has 0 atom stereocenters. The van der Waals surface area contributed by atoms with Crippen molar-refractivity contribution in [2.24, 2.45) is 10.8 Å². The first-order chi connectivity index (χ1) is 13.4. The molecule has 2 aromatic carbocycles. The Bertz CT molecular complexity index is 884. The lowest BCUT2D eigenvalue weighted by Crippen LogP contribution is -2.24. The maximum Gasteiger partial charge on any atom is 0.262 e. The van der Waals surface area contributed by atoms with E-state index in [2.05, 4.69) is 28.1 Å². The summed E-state index contributed by atoms with van der Waals surface area (Å²) in [7, 11) is 0. The molecule has 0 aliphatic rings. The number of anilines is 1. The fourth-order valence-electron chi connectivity index (χ4n) is 2.32. The van der Waals surface area contributed by atoms with E-state index >= 15 is 0 Å². The Labute approximate surface area is 169 Å². The molecule has 2 aromatic rings. The number of hydrazone groups is 1. The number of rotatable bonds is 8. The van der Waals surface area contributed by atoms with Gasteiger partial charge >= 0.3 is 0 Å². The van der Waals surface area contributed by atoms with Crippen LogP contribution in [0.4, 0.5) is 5.69 Å². The molecule has 0 spiro atoms. The first kappa shape index (κ1) is 21.2. The zero-order valence-electron chi connectivity index (χ0n) is 16.1. The van der Waals surface area contributed by atoms with Crippen molar-refractivity contribution in [1.82, 2.24) is 5.43 Å². The average molecular weight is 401 g/mol. The van der Waals surface area contributed by atoms with E-state index in [9.17, 15) is 4.79 Å². The second-order valence-electron chi connectivity index (χ2n) is 6.01. The zero-order valence-corrected chi connectivity index (χ0v) is 16.9. The smallest absolute Gasteiger partial charge is 0.262 e. The first-order valence-electron chi connectivity index (χ1n) is 8.74. The van der Waals surface area contributed by atoms with Gasteiger partial charge < -0.3 is 20.5 Å². The highest BCUT2D eigenvalue weighted by molar-refractivity contribution is 7.80. The van der Waals surface area contributed by atoms with Gasteiger partial charge in [0.15, 0.2) is 23.2 Å². The van der Waals surface area contributed by atoms with Crippen LogP contribution < -0.4 is 25.9 Å². The highest BCUT2D eigenvalue weighted by atomic mass is 32.1. The lowest BCUT2D eigenvalue weighted by atomic mass is 10.1. The van der Waals surface area contributed by atoms with Crippen LogP contribution in [0.15, 0.2) is 41.5 Å². The number of amides is 1. The van der Waals surface area contributed by atoms with Crippen molar-refractivity contribution in [3.63, 3.8) is 0 Å². The highest BCUT2D eigenvalue weighted by Crippen LogP contribution is 2.28. The Morgan fingerprint density at radius 1 is 1.14 bits per heavy atom. The molecule has 0 saturated carbocycles. The minimum Gasteiger partial charge on any atom is -0.490 e. The molecule has 8 heteroatoms. The van der Waals surface area contributed by atoms with Crippen molar-refractivity contribution in [3.8, 4) is 11.5 Å². The van der Waals surface area contributed by atoms with Crippen molar-refractivity contribution in [2.45, 2.75) is 20.8 Å². The summed E-state index contributed by atoms with van der Waals surface area (Å²) in [5.74, 6) is 0.731. The monoisotopic (exact) mass is 400 g/mol. The van der Waals surface area contributed by atoms with Crippen molar-refractivity contribution >= 4 is 35.1 Å². The maximum absolute atomic E-state index is 12.2. The Morgan fingerprint density at radius 3 is 2.61 bits per heavy atom. The van der Waals surface area contributed by atoms with Crippen LogP contribution in [0.3, 0.4) is 0 Å². The van der Waals surface area contributed by atoms with E-state index in [1.807, 2.05) is 39.0 Å². The van der Waals surface area contributed by atoms with Gasteiger partial charge in [-0.2, -0.15) is 5.10 Å². The molecule has 0 aliphatic heterocycles. The van der Waals surface area contributed by atoms with E-state index in [1.54, 1.807) is 24.4 Å². The number of hydrogen-bond acceptors (Lipinski definition) is 5. The zero-order chi connectivity index (χ0) is 20.5. The molecule has 1 amide bonds. The van der Waals surface area contributed by atoms with Crippen molar-refractivity contribution < 1.29 is 14.3 Å². The van der Waals surface area contributed by atoms with Crippen LogP contribution in [0, 0.1) is 13.8 Å². The Morgan fingerprint density at radius 2 is 1.93 bits per heavy atom. The van der Waals surface area contributed by atoms with Crippen molar-refractivity contribution in [3.05, 3.63) is 53.1 Å². The molecule has 28 heavy (non-hydrogen) atoms. The number of thiocarbonyl (C=S) groups is 1. The van der Waals surface area contributed by atoms with Gasteiger partial charge in [0.2, 0.25) is 0 Å². The van der Waals surface area contributed by atoms with Gasteiger partial charge in [-0.3, -0.25) is 10.2 Å². The summed E-state index contributed by atoms with van der Waals surface area (Å²) in [4.78, 5) is 12.2. The summed E-state index contributed by atoms with van der Waals surface area (Å²) in [6.07, 6.45) is 1.55. The van der Waals surface area contributed by atoms with Gasteiger partial charge in [0, 0.05) is 5.69 Å². The normalized spacial score (nSPS) is 10.5. The molecule has 4 N–H and O–H groups in total. The predicted molar refractivity (Wildman–Crippen MR) is 115 cm³/mol. The number of ether oxygens (including phenoxy) is 2. The van der Waals surface area contributed by atoms with E-state index in [0.717, 1.165) is 16.8 Å². The Hall–Kier alpha value is -3.13. The molecular weight excluding hydrogens is 376 g/mol. The Balaban J connectivity index is 2.01. The van der Waals surface area contributed by atoms with Gasteiger partial charge in [-0.05, 0) is 80.0 Å². The summed E-state index contributed by atoms with van der Waals surface area (Å²) in [5, 5.41) is 6.81. The van der Waals surface area contributed by atoms with Crippen LogP contribution in [0.25, 0.3) is 0 Å². The molecule has 148 valence electrons. The van der Waals surface area contributed by atoms with Crippen LogP contribution >= 0.6 is 12.2 Å². The number of benzene rings is 2. The SMILES string of the molecule is CCOc1cc(/C=N/NC(N)=S)ccc1OCC(=O)Nc1ccc(C)c(C)c1. The number of hydrogen-bond donors (Lipinski definition) is 3. The molecular formula is C20H24N4O3S. The summed E-state index contributed by atoms with van der Waals surface area (Å²) < 4.78 is 11.2. The van der Waals surface area contributed by atoms with Gasteiger partial charge in [0.25, 0.3) is 5.91 Å². The molecule has 0 aliphatic carbocycles. The van der Waals surface area contributed by atoms with Crippen LogP contribution in [0.1, 0.15) is 23.6 Å². The Kier molecular flexibility index (Phi) is 7.76. The van der Waals surface area contributed by atoms with Crippen molar-refractivity contribution in [1.29, 1.82) is 0 Å². The lowest BCUT2D eigenvalue weighted by molar-refractivity contribution is -0.118. The van der Waals surface area contributed by atoms with Gasteiger partial charge in [0.1, 0.15) is 0 Å². The molecule has 0 fully saturated rings. The summed E-state index contributed by atoms with van der Waals surface area (Å²) in [5.41, 5.74) is 11.6. The fourth-order valence-corrected chi connectivity index (χ4v) is 2.38. The van der Waals surface area contributed by atoms with Crippen LogP contribution in [0.2, 0.25) is 0 Å². The molecule has 0 bridgehead atoms. The second kappa shape index (κ2) is 10.3. The van der Waals surface area contributed by atoms with E-state index in [4.69, 9.17) is 15.2 Å². The van der Waals surface area contributed by atoms with E-state index in [-0.39, 0.29) is 17.6 Å². The van der Waals surface area contributed by atoms with E-state index < -0.39 is 0 Å². The van der Waals surface area contributed by atoms with Crippen LogP contribution in [-0.4, -0.2) is 30.4 Å². The molecule has 0 aromatic heterocycles. The van der Waals surface area contributed by atoms with E-state index in [1.165, 1.54) is 5.56 Å². The third-order valence-electron chi connectivity index (χ3n) is 3.81. The summed E-state index contributed by atoms with van der Waals surface area (Å²) >= 11 is 4.69. The fraction of sp³-hybridized carbons (Fsp3) is 0.250. The number of carbonyl (C=O) groups excluding carboxylic acids is 1. The second-order valence-corrected chi connectivity index (χ2v) is 6.45. The summed E-state index contributed by atoms with van der Waals surface area (Å²) in [6, 6.07) is 11.0. The molecule has 0 saturated heterocycles. The third kappa shape index (κ3) is 6.55. The minimum atomic E-state index is -0.253. The molecule has 0 radical (unpaired) electrons. The maximum atomic E-state index is 12.2. The topological polar surface area (TPSA) is 98.0 Å². The predicted octanol–water partition coefficient (Wildman–Crippen LogP) is 2.89. The quantitative estimate of drug-likeness (QED) is 0.358. The molecule has 7 nitrogen and oxygen atoms in total. The number of nitrogens with two attached hydrogens (primary N) is 1. The molecule has 0 heterocycles. The number of carbonyl (C=O) groups is 1.